The molecule has 3 rings (SSSR count). The molecule has 2 aromatic rings. The van der Waals surface area contributed by atoms with E-state index in [0.717, 1.165) is 0 Å². The van der Waals surface area contributed by atoms with Crippen LogP contribution in [0.4, 0.5) is 20.2 Å². The number of rotatable bonds is 2. The number of hydrogen-bond donors (Lipinski definition) is 0. The first kappa shape index (κ1) is 16.7. The van der Waals surface area contributed by atoms with Gasteiger partial charge in [-0.05, 0) is 31.2 Å². The van der Waals surface area contributed by atoms with Gasteiger partial charge in [-0.3, -0.25) is 0 Å². The Morgan fingerprint density at radius 2 is 1.48 bits per heavy atom. The van der Waals surface area contributed by atoms with Crippen LogP contribution in [0.15, 0.2) is 36.4 Å². The predicted octanol–water partition coefficient (Wildman–Crippen LogP) is 3.42. The van der Waals surface area contributed by atoms with Gasteiger partial charge >= 0.3 is 0 Å². The van der Waals surface area contributed by atoms with Gasteiger partial charge in [0, 0.05) is 25.7 Å². The average Bonchev–Trinajstić information content (AvgIpc) is 2.61. The summed E-state index contributed by atoms with van der Waals surface area (Å²) in [5.41, 5.74) is 1.20. The molecule has 1 aliphatic heterocycles. The smallest absolute Gasteiger partial charge is 0.143 e. The van der Waals surface area contributed by atoms with Crippen LogP contribution >= 0.6 is 0 Å². The van der Waals surface area contributed by atoms with Crippen LogP contribution in [-0.2, 0) is 0 Å². The molecule has 1 saturated heterocycles. The molecular weight excluding hydrogens is 322 g/mol. The molecule has 1 heterocycles. The molecule has 6 heteroatoms. The van der Waals surface area contributed by atoms with Gasteiger partial charge in [0.15, 0.2) is 0 Å². The van der Waals surface area contributed by atoms with E-state index >= 15 is 0 Å². The van der Waals surface area contributed by atoms with Crippen molar-refractivity contribution in [3.8, 4) is 12.1 Å². The molecule has 0 N–H and O–H groups in total. The zero-order valence-corrected chi connectivity index (χ0v) is 13.7. The first-order valence-electron chi connectivity index (χ1n) is 7.95. The molecule has 0 amide bonds. The molecule has 0 unspecified atom stereocenters. The van der Waals surface area contributed by atoms with E-state index in [-0.39, 0.29) is 17.2 Å². The fraction of sp³-hybridized carbons (Fsp3) is 0.263. The lowest BCUT2D eigenvalue weighted by Crippen LogP contribution is -2.52. The summed E-state index contributed by atoms with van der Waals surface area (Å²) in [5.74, 6) is -1.07. The normalized spacial score (nSPS) is 17.1. The van der Waals surface area contributed by atoms with Gasteiger partial charge in [0.2, 0.25) is 0 Å². The van der Waals surface area contributed by atoms with E-state index in [1.54, 1.807) is 24.3 Å². The first-order chi connectivity index (χ1) is 12.1. The zero-order valence-electron chi connectivity index (χ0n) is 13.7. The van der Waals surface area contributed by atoms with Crippen molar-refractivity contribution in [2.24, 2.45) is 0 Å². The molecule has 25 heavy (non-hydrogen) atoms. The molecule has 0 saturated carbocycles. The molecule has 0 bridgehead atoms. The fourth-order valence-corrected chi connectivity index (χ4v) is 3.28. The topological polar surface area (TPSA) is 54.1 Å². The van der Waals surface area contributed by atoms with Crippen LogP contribution in [-0.4, -0.2) is 25.7 Å². The number of hydrogen-bond acceptors (Lipinski definition) is 4. The Hall–Kier alpha value is -3.12. The summed E-state index contributed by atoms with van der Waals surface area (Å²) < 4.78 is 27.7. The quantitative estimate of drug-likeness (QED) is 0.842. The Bertz CT molecular complexity index is 882. The SMILES string of the molecule is C[C@H]1CN(c2cccc(F)c2C#N)CCN1c1cccc(F)c1C#N. The van der Waals surface area contributed by atoms with Crippen LogP contribution in [0.3, 0.4) is 0 Å². The van der Waals surface area contributed by atoms with Gasteiger partial charge in [-0.25, -0.2) is 8.78 Å². The molecule has 0 radical (unpaired) electrons. The van der Waals surface area contributed by atoms with Gasteiger partial charge in [-0.1, -0.05) is 12.1 Å². The predicted molar refractivity (Wildman–Crippen MR) is 91.3 cm³/mol. The van der Waals surface area contributed by atoms with E-state index in [2.05, 4.69) is 0 Å². The number of nitrogens with zero attached hydrogens (tertiary/aromatic N) is 4. The summed E-state index contributed by atoms with van der Waals surface area (Å²) in [4.78, 5) is 3.93. The molecular formula is C19H16F2N4. The summed E-state index contributed by atoms with van der Waals surface area (Å²) in [6.45, 7) is 3.59. The Kier molecular flexibility index (Phi) is 4.54. The maximum Gasteiger partial charge on any atom is 0.143 e. The lowest BCUT2D eigenvalue weighted by atomic mass is 10.1. The summed E-state index contributed by atoms with van der Waals surface area (Å²) in [5, 5.41) is 18.5. The largest absolute Gasteiger partial charge is 0.367 e. The van der Waals surface area contributed by atoms with Gasteiger partial charge in [-0.15, -0.1) is 0 Å². The van der Waals surface area contributed by atoms with Crippen molar-refractivity contribution in [2.45, 2.75) is 13.0 Å². The number of anilines is 2. The highest BCUT2D eigenvalue weighted by Gasteiger charge is 2.28. The summed E-state index contributed by atoms with van der Waals surface area (Å²) in [7, 11) is 0. The van der Waals surface area contributed by atoms with Crippen molar-refractivity contribution in [1.29, 1.82) is 10.5 Å². The van der Waals surface area contributed by atoms with E-state index in [1.807, 2.05) is 28.9 Å². The maximum atomic E-state index is 13.9. The van der Waals surface area contributed by atoms with E-state index in [4.69, 9.17) is 0 Å². The zero-order chi connectivity index (χ0) is 18.0. The molecule has 2 aromatic carbocycles. The highest BCUT2D eigenvalue weighted by atomic mass is 19.1. The lowest BCUT2D eigenvalue weighted by molar-refractivity contribution is 0.545. The van der Waals surface area contributed by atoms with Crippen molar-refractivity contribution in [2.75, 3.05) is 29.4 Å². The van der Waals surface area contributed by atoms with Crippen LogP contribution in [0.5, 0.6) is 0 Å². The minimum Gasteiger partial charge on any atom is -0.367 e. The van der Waals surface area contributed by atoms with Gasteiger partial charge in [0.05, 0.1) is 11.4 Å². The van der Waals surface area contributed by atoms with Gasteiger partial charge in [-0.2, -0.15) is 10.5 Å². The highest BCUT2D eigenvalue weighted by Crippen LogP contribution is 2.29. The second-order valence-electron chi connectivity index (χ2n) is 5.98. The third-order valence-corrected chi connectivity index (χ3v) is 4.48. The van der Waals surface area contributed by atoms with Gasteiger partial charge in [0.1, 0.15) is 34.9 Å². The Morgan fingerprint density at radius 1 is 0.920 bits per heavy atom. The van der Waals surface area contributed by atoms with E-state index in [1.165, 1.54) is 12.1 Å². The van der Waals surface area contributed by atoms with E-state index in [9.17, 15) is 19.3 Å². The van der Waals surface area contributed by atoms with Crippen molar-refractivity contribution >= 4 is 11.4 Å². The number of piperazine rings is 1. The van der Waals surface area contributed by atoms with E-state index in [0.29, 0.717) is 31.0 Å². The number of halogens is 2. The van der Waals surface area contributed by atoms with E-state index < -0.39 is 11.6 Å². The molecule has 0 aliphatic carbocycles. The Morgan fingerprint density at radius 3 is 2.04 bits per heavy atom. The number of benzene rings is 2. The molecule has 0 aromatic heterocycles. The van der Waals surface area contributed by atoms with Crippen molar-refractivity contribution in [1.82, 2.24) is 0 Å². The van der Waals surface area contributed by atoms with Crippen molar-refractivity contribution in [3.63, 3.8) is 0 Å². The Labute approximate surface area is 145 Å². The third-order valence-electron chi connectivity index (χ3n) is 4.48. The molecule has 4 nitrogen and oxygen atoms in total. The summed E-state index contributed by atoms with van der Waals surface area (Å²) in [6, 6.07) is 13.0. The minimum absolute atomic E-state index is 0.0301. The van der Waals surface area contributed by atoms with Crippen molar-refractivity contribution in [3.05, 3.63) is 59.2 Å². The fourth-order valence-electron chi connectivity index (χ4n) is 3.28. The van der Waals surface area contributed by atoms with Crippen LogP contribution in [0, 0.1) is 34.3 Å². The number of nitriles is 2. The summed E-state index contributed by atoms with van der Waals surface area (Å²) >= 11 is 0. The second-order valence-corrected chi connectivity index (χ2v) is 5.98. The second kappa shape index (κ2) is 6.78. The maximum absolute atomic E-state index is 13.9. The summed E-state index contributed by atoms with van der Waals surface area (Å²) in [6.07, 6.45) is 0. The molecule has 1 atom stereocenters. The molecule has 1 aliphatic rings. The molecule has 0 spiro atoms. The average molecular weight is 338 g/mol. The van der Waals surface area contributed by atoms with Gasteiger partial charge < -0.3 is 9.80 Å². The molecule has 1 fully saturated rings. The van der Waals surface area contributed by atoms with Crippen LogP contribution in [0.25, 0.3) is 0 Å². The Balaban J connectivity index is 1.88. The van der Waals surface area contributed by atoms with Crippen LogP contribution in [0.1, 0.15) is 18.1 Å². The first-order valence-corrected chi connectivity index (χ1v) is 7.95. The third kappa shape index (κ3) is 2.99. The highest BCUT2D eigenvalue weighted by molar-refractivity contribution is 5.64. The van der Waals surface area contributed by atoms with Crippen molar-refractivity contribution < 1.29 is 8.78 Å². The minimum atomic E-state index is -0.536. The van der Waals surface area contributed by atoms with Crippen LogP contribution < -0.4 is 9.80 Å². The monoisotopic (exact) mass is 338 g/mol. The standard InChI is InChI=1S/C19H16F2N4/c1-13-12-24(18-6-2-4-16(20)14(18)10-22)8-9-25(13)19-7-3-5-17(21)15(19)11-23/h2-7,13H,8-9,12H2,1H3/t13-/m0/s1. The van der Waals surface area contributed by atoms with Crippen LogP contribution in [0.2, 0.25) is 0 Å². The molecule has 126 valence electrons. The lowest BCUT2D eigenvalue weighted by Gasteiger charge is -2.42. The van der Waals surface area contributed by atoms with Gasteiger partial charge in [0.25, 0.3) is 0 Å².